The zero-order valence-corrected chi connectivity index (χ0v) is 42.6. The molecule has 0 radical (unpaired) electrons. The Morgan fingerprint density at radius 2 is 0.877 bits per heavy atom. The molecule has 1 amide bonds. The van der Waals surface area contributed by atoms with E-state index >= 15 is 0 Å². The molecule has 0 saturated carbocycles. The van der Waals surface area contributed by atoms with Gasteiger partial charge in [-0.1, -0.05) is 234 Å². The van der Waals surface area contributed by atoms with Crippen molar-refractivity contribution in [2.24, 2.45) is 0 Å². The van der Waals surface area contributed by atoms with Crippen LogP contribution in [-0.2, 0) is 14.3 Å². The second-order valence-electron chi connectivity index (χ2n) is 18.3. The Labute approximate surface area is 402 Å². The fourth-order valence-electron chi connectivity index (χ4n) is 7.87. The van der Waals surface area contributed by atoms with Gasteiger partial charge in [-0.15, -0.1) is 0 Å². The van der Waals surface area contributed by atoms with Crippen molar-refractivity contribution >= 4 is 11.9 Å². The third-order valence-corrected chi connectivity index (χ3v) is 12.0. The highest BCUT2D eigenvalue weighted by Crippen LogP contribution is 2.17. The molecule has 6 nitrogen and oxygen atoms in total. The third-order valence-electron chi connectivity index (χ3n) is 12.0. The monoisotopic (exact) mass is 906 g/mol. The van der Waals surface area contributed by atoms with Crippen molar-refractivity contribution < 1.29 is 24.5 Å². The highest BCUT2D eigenvalue weighted by molar-refractivity contribution is 5.77. The number of aliphatic hydroxyl groups is 2. The maximum Gasteiger partial charge on any atom is 0.306 e. The number of carbonyl (C=O) groups is 2. The summed E-state index contributed by atoms with van der Waals surface area (Å²) in [6.07, 6.45) is 67.9. The molecule has 3 atom stereocenters. The lowest BCUT2D eigenvalue weighted by Crippen LogP contribution is -2.46. The summed E-state index contributed by atoms with van der Waals surface area (Å²) in [6, 6.07) is -0.726. The Hall–Kier alpha value is -2.96. The van der Waals surface area contributed by atoms with Crippen LogP contribution in [0.1, 0.15) is 252 Å². The average Bonchev–Trinajstić information content (AvgIpc) is 3.30. The van der Waals surface area contributed by atoms with E-state index in [0.717, 1.165) is 89.9 Å². The van der Waals surface area contributed by atoms with Crippen LogP contribution in [0.5, 0.6) is 0 Å². The summed E-state index contributed by atoms with van der Waals surface area (Å²) in [5.41, 5.74) is 0. The smallest absolute Gasteiger partial charge is 0.306 e. The van der Waals surface area contributed by atoms with Crippen molar-refractivity contribution in [3.8, 4) is 0 Å². The topological polar surface area (TPSA) is 95.9 Å². The van der Waals surface area contributed by atoms with E-state index in [4.69, 9.17) is 4.74 Å². The minimum Gasteiger partial charge on any atom is -0.462 e. The Morgan fingerprint density at radius 1 is 0.477 bits per heavy atom. The molecule has 0 fully saturated rings. The molecule has 65 heavy (non-hydrogen) atoms. The molecule has 3 N–H and O–H groups in total. The van der Waals surface area contributed by atoms with Crippen LogP contribution < -0.4 is 5.32 Å². The van der Waals surface area contributed by atoms with Gasteiger partial charge in [-0.25, -0.2) is 0 Å². The number of allylic oxidation sites excluding steroid dienone is 14. The molecule has 0 aromatic heterocycles. The van der Waals surface area contributed by atoms with Crippen LogP contribution in [0, 0.1) is 0 Å². The van der Waals surface area contributed by atoms with Crippen LogP contribution in [-0.4, -0.2) is 46.9 Å². The number of aliphatic hydroxyl groups excluding tert-OH is 2. The summed E-state index contributed by atoms with van der Waals surface area (Å²) in [6.45, 7) is 6.35. The van der Waals surface area contributed by atoms with Crippen LogP contribution in [0.4, 0.5) is 0 Å². The van der Waals surface area contributed by atoms with Crippen LogP contribution in [0.3, 0.4) is 0 Å². The molecule has 374 valence electrons. The number of nitrogens with one attached hydrogen (secondary N) is 1. The van der Waals surface area contributed by atoms with Gasteiger partial charge in [0.05, 0.1) is 25.2 Å². The van der Waals surface area contributed by atoms with E-state index in [9.17, 15) is 19.8 Å². The van der Waals surface area contributed by atoms with Crippen LogP contribution in [0.2, 0.25) is 0 Å². The Balaban J connectivity index is 4.73. The van der Waals surface area contributed by atoms with Gasteiger partial charge >= 0.3 is 5.97 Å². The van der Waals surface area contributed by atoms with Gasteiger partial charge < -0.3 is 20.3 Å². The first-order chi connectivity index (χ1) is 32.0. The van der Waals surface area contributed by atoms with Gasteiger partial charge in [0, 0.05) is 6.42 Å². The number of rotatable bonds is 48. The largest absolute Gasteiger partial charge is 0.462 e. The average molecular weight is 906 g/mol. The highest BCUT2D eigenvalue weighted by atomic mass is 16.5. The zero-order chi connectivity index (χ0) is 47.4. The van der Waals surface area contributed by atoms with E-state index in [0.29, 0.717) is 25.7 Å². The molecule has 0 aliphatic carbocycles. The molecule has 0 aromatic carbocycles. The summed E-state index contributed by atoms with van der Waals surface area (Å²) >= 11 is 0. The maximum atomic E-state index is 13.2. The van der Waals surface area contributed by atoms with Gasteiger partial charge in [-0.05, 0) is 89.9 Å². The second-order valence-corrected chi connectivity index (χ2v) is 18.3. The van der Waals surface area contributed by atoms with Crippen molar-refractivity contribution in [3.05, 3.63) is 85.1 Å². The first-order valence-electron chi connectivity index (χ1n) is 27.3. The number of unbranched alkanes of at least 4 members (excludes halogenated alkanes) is 23. The highest BCUT2D eigenvalue weighted by Gasteiger charge is 2.24. The van der Waals surface area contributed by atoms with E-state index in [1.54, 1.807) is 0 Å². The predicted molar refractivity (Wildman–Crippen MR) is 282 cm³/mol. The summed E-state index contributed by atoms with van der Waals surface area (Å²) in [4.78, 5) is 26.2. The lowest BCUT2D eigenvalue weighted by molar-refractivity contribution is -0.151. The summed E-state index contributed by atoms with van der Waals surface area (Å²) < 4.78 is 5.91. The third kappa shape index (κ3) is 47.3. The Kier molecular flexibility index (Phi) is 49.6. The van der Waals surface area contributed by atoms with E-state index in [-0.39, 0.29) is 24.9 Å². The van der Waals surface area contributed by atoms with Gasteiger partial charge in [-0.2, -0.15) is 0 Å². The standard InChI is InChI=1S/C59H103NO5/c1-4-7-10-13-16-19-22-25-27-29-31-34-37-40-43-46-49-52-59(64)65-55(50-47-44-41-38-35-33-30-28-26-23-20-17-14-11-8-5-2)53-58(63)60-56(54-61)57(62)51-48-45-42-39-36-32-24-21-18-15-12-9-6-3/h7,10,16,19,25,27-28,30-31,33-35,40,43,55-57,61-62H,4-6,8-9,11-15,17-18,20-24,26,29,32,36-39,41-42,44-54H2,1-3H3,(H,60,63)/b10-7-,19-16-,27-25-,30-28+,34-31-,35-33+,43-40-. The lowest BCUT2D eigenvalue weighted by atomic mass is 10.0. The number of carbonyl (C=O) groups excluding carboxylic acids is 2. The van der Waals surface area contributed by atoms with Crippen molar-refractivity contribution in [1.29, 1.82) is 0 Å². The molecular weight excluding hydrogens is 803 g/mol. The second kappa shape index (κ2) is 52.0. The molecule has 0 saturated heterocycles. The zero-order valence-electron chi connectivity index (χ0n) is 42.6. The van der Waals surface area contributed by atoms with Gasteiger partial charge in [0.1, 0.15) is 6.10 Å². The Bertz CT molecular complexity index is 1250. The molecule has 0 aliphatic rings. The number of esters is 1. The lowest BCUT2D eigenvalue weighted by Gasteiger charge is -2.24. The molecule has 0 bridgehead atoms. The fourth-order valence-corrected chi connectivity index (χ4v) is 7.87. The fraction of sp³-hybridized carbons (Fsp3) is 0.729. The minimum absolute atomic E-state index is 0.0336. The van der Waals surface area contributed by atoms with Crippen LogP contribution >= 0.6 is 0 Å². The van der Waals surface area contributed by atoms with Crippen LogP contribution in [0.15, 0.2) is 85.1 Å². The number of ether oxygens (including phenoxy) is 1. The Morgan fingerprint density at radius 3 is 1.35 bits per heavy atom. The van der Waals surface area contributed by atoms with Gasteiger partial charge in [0.2, 0.25) is 5.91 Å². The van der Waals surface area contributed by atoms with Crippen molar-refractivity contribution in [2.45, 2.75) is 270 Å². The summed E-state index contributed by atoms with van der Waals surface area (Å²) in [5, 5.41) is 23.8. The molecule has 6 heteroatoms. The summed E-state index contributed by atoms with van der Waals surface area (Å²) in [7, 11) is 0. The van der Waals surface area contributed by atoms with E-state index in [1.807, 2.05) is 0 Å². The maximum absolute atomic E-state index is 13.2. The van der Waals surface area contributed by atoms with Crippen LogP contribution in [0.25, 0.3) is 0 Å². The number of amides is 1. The van der Waals surface area contributed by atoms with Gasteiger partial charge in [0.25, 0.3) is 0 Å². The summed E-state index contributed by atoms with van der Waals surface area (Å²) in [5.74, 6) is -0.571. The van der Waals surface area contributed by atoms with Crippen molar-refractivity contribution in [3.63, 3.8) is 0 Å². The predicted octanol–water partition coefficient (Wildman–Crippen LogP) is 16.7. The first kappa shape index (κ1) is 62.0. The SMILES string of the molecule is CC/C=C\C/C=C\C/C=C\C/C=C\C/C=C\CCCC(=O)OC(CCCCC/C=C/C=C/CCCCCCCCC)CC(=O)NC(CO)C(O)CCCCCCCCCCCCCCC. The number of hydrogen-bond acceptors (Lipinski definition) is 5. The molecule has 0 aromatic rings. The van der Waals surface area contributed by atoms with Gasteiger partial charge in [-0.3, -0.25) is 9.59 Å². The quantitative estimate of drug-likeness (QED) is 0.0245. The van der Waals surface area contributed by atoms with Crippen molar-refractivity contribution in [2.75, 3.05) is 6.61 Å². The van der Waals surface area contributed by atoms with E-state index < -0.39 is 18.2 Å². The normalized spacial score (nSPS) is 13.9. The van der Waals surface area contributed by atoms with Gasteiger partial charge in [0.15, 0.2) is 0 Å². The first-order valence-corrected chi connectivity index (χ1v) is 27.3. The van der Waals surface area contributed by atoms with E-state index in [2.05, 4.69) is 111 Å². The molecule has 0 rings (SSSR count). The molecular formula is C59H103NO5. The van der Waals surface area contributed by atoms with Crippen molar-refractivity contribution in [1.82, 2.24) is 5.32 Å². The van der Waals surface area contributed by atoms with E-state index in [1.165, 1.54) is 109 Å². The molecule has 0 spiro atoms. The molecule has 0 aliphatic heterocycles. The minimum atomic E-state index is -0.808. The molecule has 0 heterocycles. The number of hydrogen-bond donors (Lipinski definition) is 3. The molecule has 3 unspecified atom stereocenters.